The summed E-state index contributed by atoms with van der Waals surface area (Å²) in [6.45, 7) is 8.80. The number of nitrogens with zero attached hydrogens (tertiary/aromatic N) is 1. The Balaban J connectivity index is -0.000000156. The first-order chi connectivity index (χ1) is 20.0. The van der Waals surface area contributed by atoms with E-state index in [4.69, 9.17) is 0 Å². The summed E-state index contributed by atoms with van der Waals surface area (Å²) >= 11 is 0. The molecule has 0 spiro atoms. The molecular formula is C38H55Cl2N4Ti-7. The fraction of sp³-hybridized carbons (Fsp3) is 0.316. The van der Waals surface area contributed by atoms with E-state index in [0.29, 0.717) is 0 Å². The second-order valence-corrected chi connectivity index (χ2v) is 8.64. The van der Waals surface area contributed by atoms with E-state index in [1.165, 1.54) is 25.7 Å². The van der Waals surface area contributed by atoms with E-state index < -0.39 is 0 Å². The first-order valence-corrected chi connectivity index (χ1v) is 14.4. The second-order valence-electron chi connectivity index (χ2n) is 8.64. The third-order valence-electron chi connectivity index (χ3n) is 5.18. The number of benzene rings is 4. The number of hydrogen-bond donors (Lipinski definition) is 3. The molecule has 0 unspecified atom stereocenters. The summed E-state index contributed by atoms with van der Waals surface area (Å²) < 4.78 is 0. The van der Waals surface area contributed by atoms with Crippen molar-refractivity contribution in [1.29, 1.82) is 0 Å². The maximum atomic E-state index is 4.51. The third-order valence-corrected chi connectivity index (χ3v) is 5.18. The molecule has 0 radical (unpaired) electrons. The molecule has 252 valence electrons. The summed E-state index contributed by atoms with van der Waals surface area (Å²) in [7, 11) is 0. The molecule has 1 heterocycles. The van der Waals surface area contributed by atoms with Crippen LogP contribution in [0.5, 0.6) is 0 Å². The molecule has 45 heavy (non-hydrogen) atoms. The molecule has 0 aliphatic carbocycles. The van der Waals surface area contributed by atoms with Gasteiger partial charge in [-0.25, -0.2) is 0 Å². The van der Waals surface area contributed by atoms with Crippen LogP contribution in [0.25, 0.3) is 5.32 Å². The van der Waals surface area contributed by atoms with Crippen LogP contribution in [0.3, 0.4) is 0 Å². The summed E-state index contributed by atoms with van der Waals surface area (Å²) in [6.07, 6.45) is 4.82. The van der Waals surface area contributed by atoms with E-state index in [1.807, 2.05) is 121 Å². The molecular weight excluding hydrogens is 631 g/mol. The Morgan fingerprint density at radius 2 is 0.578 bits per heavy atom. The molecule has 5 rings (SSSR count). The van der Waals surface area contributed by atoms with Gasteiger partial charge in [0, 0.05) is 21.7 Å². The Kier molecular flexibility index (Phi) is 57.1. The van der Waals surface area contributed by atoms with Gasteiger partial charge in [-0.15, -0.1) is 37.9 Å². The topological polar surface area (TPSA) is 50.2 Å². The molecule has 0 aromatic heterocycles. The summed E-state index contributed by atoms with van der Waals surface area (Å²) in [5.41, 5.74) is 0. The van der Waals surface area contributed by atoms with Crippen LogP contribution < -0.4 is 16.0 Å². The van der Waals surface area contributed by atoms with Crippen LogP contribution in [0, 0.1) is 39.1 Å². The number of nitrogens with one attached hydrogen (secondary N) is 3. The number of hydrogen-bond acceptors (Lipinski definition) is 3. The standard InChI is InChI=1S/C12H27N4.4C6H5.2CH3.2ClH.Ti/c1-5-13-7-2-9-15-11-4-12-16-10-3-8-14-6-1;4*1-2-4-6-5-3-1;;;;;/h13-15H,1-12H2;4*1-5H;2*1H3;2*1H;/q7*-1;;;. The van der Waals surface area contributed by atoms with Gasteiger partial charge < -0.3 is 36.1 Å². The maximum absolute atomic E-state index is 4.51. The van der Waals surface area contributed by atoms with Crippen molar-refractivity contribution in [2.24, 2.45) is 0 Å². The molecule has 1 aliphatic heterocycles. The minimum atomic E-state index is 0. The van der Waals surface area contributed by atoms with Gasteiger partial charge in [0.05, 0.1) is 0 Å². The van der Waals surface area contributed by atoms with Crippen molar-refractivity contribution in [3.8, 4) is 0 Å². The zero-order valence-corrected chi connectivity index (χ0v) is 30.5. The van der Waals surface area contributed by atoms with Crippen LogP contribution >= 0.6 is 24.8 Å². The van der Waals surface area contributed by atoms with E-state index in [9.17, 15) is 0 Å². The van der Waals surface area contributed by atoms with Gasteiger partial charge in [-0.05, 0) is 52.1 Å². The van der Waals surface area contributed by atoms with Crippen molar-refractivity contribution in [3.05, 3.63) is 166 Å². The zero-order valence-electron chi connectivity index (χ0n) is 27.3. The van der Waals surface area contributed by atoms with E-state index in [-0.39, 0.29) is 61.4 Å². The first-order valence-electron chi connectivity index (χ1n) is 14.4. The molecule has 0 bridgehead atoms. The van der Waals surface area contributed by atoms with Crippen LogP contribution in [0.4, 0.5) is 0 Å². The molecule has 4 aromatic rings. The largest absolute Gasteiger partial charge is 0.662 e. The van der Waals surface area contributed by atoms with Gasteiger partial charge in [0.25, 0.3) is 0 Å². The summed E-state index contributed by atoms with van der Waals surface area (Å²) in [5.74, 6) is 0. The van der Waals surface area contributed by atoms with Gasteiger partial charge in [-0.2, -0.15) is 146 Å². The molecule has 1 fully saturated rings. The van der Waals surface area contributed by atoms with Crippen LogP contribution in [-0.4, -0.2) is 52.4 Å². The van der Waals surface area contributed by atoms with Crippen molar-refractivity contribution in [2.75, 3.05) is 52.4 Å². The third kappa shape index (κ3) is 46.6. The summed E-state index contributed by atoms with van der Waals surface area (Å²) in [4.78, 5) is 0. The van der Waals surface area contributed by atoms with Crippen molar-refractivity contribution >= 4 is 24.8 Å². The molecule has 0 atom stereocenters. The SMILES string of the molecule is C1C[N-]CCCNCCCNCCCNC1.Cl.Cl.[CH3-].[CH3-].[Ti].[c-]1ccccc1.[c-]1ccccc1.[c-]1ccccc1.[c-]1ccccc1. The Hall–Kier alpha value is -1.99. The Morgan fingerprint density at radius 3 is 0.756 bits per heavy atom. The quantitative estimate of drug-likeness (QED) is 0.129. The minimum absolute atomic E-state index is 0. The van der Waals surface area contributed by atoms with Gasteiger partial charge in [0.15, 0.2) is 0 Å². The first kappa shape index (κ1) is 52.5. The van der Waals surface area contributed by atoms with Crippen LogP contribution in [0.1, 0.15) is 25.7 Å². The Bertz CT molecular complexity index is 630. The molecule has 0 saturated carbocycles. The molecule has 7 heteroatoms. The molecule has 4 aromatic carbocycles. The number of rotatable bonds is 0. The molecule has 3 N–H and O–H groups in total. The normalized spacial score (nSPS) is 12.8. The van der Waals surface area contributed by atoms with Crippen molar-refractivity contribution in [2.45, 2.75) is 25.7 Å². The predicted octanol–water partition coefficient (Wildman–Crippen LogP) is 8.39. The Labute approximate surface area is 304 Å². The van der Waals surface area contributed by atoms with Crippen LogP contribution in [-0.2, 0) is 21.7 Å². The average Bonchev–Trinajstić information content (AvgIpc) is 3.06. The minimum Gasteiger partial charge on any atom is -0.662 e. The zero-order chi connectivity index (χ0) is 28.3. The van der Waals surface area contributed by atoms with Gasteiger partial charge in [-0.1, -0.05) is 12.8 Å². The molecule has 1 aliphatic rings. The van der Waals surface area contributed by atoms with Crippen LogP contribution in [0.2, 0.25) is 0 Å². The average molecular weight is 687 g/mol. The molecule has 1 saturated heterocycles. The predicted molar refractivity (Wildman–Crippen MR) is 199 cm³/mol. The summed E-state index contributed by atoms with van der Waals surface area (Å²) in [5, 5.41) is 14.9. The van der Waals surface area contributed by atoms with Crippen LogP contribution in [0.15, 0.2) is 121 Å². The van der Waals surface area contributed by atoms with E-state index in [2.05, 4.69) is 45.5 Å². The van der Waals surface area contributed by atoms with Gasteiger partial charge in [0.1, 0.15) is 0 Å². The number of halogens is 2. The fourth-order valence-corrected chi connectivity index (χ4v) is 3.16. The van der Waals surface area contributed by atoms with Crippen molar-refractivity contribution < 1.29 is 21.7 Å². The monoisotopic (exact) mass is 685 g/mol. The van der Waals surface area contributed by atoms with E-state index >= 15 is 0 Å². The Morgan fingerprint density at radius 1 is 0.356 bits per heavy atom. The van der Waals surface area contributed by atoms with Gasteiger partial charge in [-0.3, -0.25) is 0 Å². The van der Waals surface area contributed by atoms with Gasteiger partial charge in [0.2, 0.25) is 0 Å². The second kappa shape index (κ2) is 48.9. The van der Waals surface area contributed by atoms with Gasteiger partial charge >= 0.3 is 0 Å². The van der Waals surface area contributed by atoms with E-state index in [0.717, 1.165) is 52.4 Å². The molecule has 0 amide bonds. The van der Waals surface area contributed by atoms with Crippen molar-refractivity contribution in [1.82, 2.24) is 16.0 Å². The maximum Gasteiger partial charge on any atom is 0 e. The van der Waals surface area contributed by atoms with E-state index in [1.54, 1.807) is 0 Å². The molecule has 4 nitrogen and oxygen atoms in total. The smallest absolute Gasteiger partial charge is 0 e. The summed E-state index contributed by atoms with van der Waals surface area (Å²) in [6, 6.07) is 50.0. The fourth-order valence-electron chi connectivity index (χ4n) is 3.16. The van der Waals surface area contributed by atoms with Crippen molar-refractivity contribution in [3.63, 3.8) is 0 Å².